The Hall–Kier alpha value is -3.21. The van der Waals surface area contributed by atoms with E-state index in [0.29, 0.717) is 16.9 Å². The van der Waals surface area contributed by atoms with Gasteiger partial charge in [0.1, 0.15) is 0 Å². The lowest BCUT2D eigenvalue weighted by Crippen LogP contribution is -2.32. The van der Waals surface area contributed by atoms with E-state index in [1.54, 1.807) is 24.3 Å². The Morgan fingerprint density at radius 3 is 2.04 bits per heavy atom. The summed E-state index contributed by atoms with van der Waals surface area (Å²) in [6.07, 6.45) is 5.08. The molecule has 1 N–H and O–H groups in total. The fourth-order valence-corrected chi connectivity index (χ4v) is 4.64. The van der Waals surface area contributed by atoms with Crippen molar-refractivity contribution in [2.75, 3.05) is 10.2 Å². The Balaban J connectivity index is 1.36. The van der Waals surface area contributed by atoms with E-state index in [2.05, 4.69) is 17.5 Å². The van der Waals surface area contributed by atoms with Crippen LogP contribution in [0, 0.1) is 23.7 Å². The van der Waals surface area contributed by atoms with Crippen molar-refractivity contribution < 1.29 is 14.4 Å². The highest BCUT2D eigenvalue weighted by atomic mass is 16.2. The molecule has 0 aromatic heterocycles. The number of para-hydroxylation sites is 1. The van der Waals surface area contributed by atoms with Crippen LogP contribution in [-0.4, -0.2) is 17.7 Å². The highest BCUT2D eigenvalue weighted by molar-refractivity contribution is 6.23. The predicted molar refractivity (Wildman–Crippen MR) is 101 cm³/mol. The van der Waals surface area contributed by atoms with Gasteiger partial charge in [-0.3, -0.25) is 19.3 Å². The molecule has 1 heterocycles. The van der Waals surface area contributed by atoms with Gasteiger partial charge in [-0.1, -0.05) is 30.4 Å². The summed E-state index contributed by atoms with van der Waals surface area (Å²) in [7, 11) is 0. The first-order chi connectivity index (χ1) is 13.1. The maximum absolute atomic E-state index is 12.8. The summed E-state index contributed by atoms with van der Waals surface area (Å²) in [4.78, 5) is 39.3. The van der Waals surface area contributed by atoms with Gasteiger partial charge in [-0.2, -0.15) is 0 Å². The topological polar surface area (TPSA) is 66.5 Å². The SMILES string of the molecule is O=C(Nc1ccccc1)c1ccc(N2C(=O)[C@@H]3[C@H](C2=O)[C@H]2C=C[C@H]3C2)cc1. The van der Waals surface area contributed by atoms with Crippen LogP contribution >= 0.6 is 0 Å². The highest BCUT2D eigenvalue weighted by Gasteiger charge is 2.59. The number of allylic oxidation sites excluding steroid dienone is 2. The van der Waals surface area contributed by atoms with Crippen LogP contribution in [0.2, 0.25) is 0 Å². The molecule has 5 heteroatoms. The van der Waals surface area contributed by atoms with Gasteiger partial charge in [-0.15, -0.1) is 0 Å². The molecule has 2 aromatic rings. The van der Waals surface area contributed by atoms with E-state index in [-0.39, 0.29) is 41.4 Å². The number of nitrogens with one attached hydrogen (secondary N) is 1. The molecular formula is C22H18N2O3. The van der Waals surface area contributed by atoms with Gasteiger partial charge in [0.05, 0.1) is 17.5 Å². The molecular weight excluding hydrogens is 340 g/mol. The zero-order valence-electron chi connectivity index (χ0n) is 14.5. The van der Waals surface area contributed by atoms with Crippen molar-refractivity contribution in [3.63, 3.8) is 0 Å². The third kappa shape index (κ3) is 2.42. The zero-order valence-corrected chi connectivity index (χ0v) is 14.5. The number of carbonyl (C=O) groups is 3. The quantitative estimate of drug-likeness (QED) is 0.677. The molecule has 27 heavy (non-hydrogen) atoms. The molecule has 1 saturated heterocycles. The minimum atomic E-state index is -0.231. The van der Waals surface area contributed by atoms with E-state index < -0.39 is 0 Å². The fraction of sp³-hybridized carbons (Fsp3) is 0.227. The summed E-state index contributed by atoms with van der Waals surface area (Å²) in [5.74, 6) is -0.491. The van der Waals surface area contributed by atoms with Crippen LogP contribution < -0.4 is 10.2 Å². The molecule has 1 aliphatic heterocycles. The van der Waals surface area contributed by atoms with Crippen LogP contribution in [0.1, 0.15) is 16.8 Å². The predicted octanol–water partition coefficient (Wildman–Crippen LogP) is 3.25. The smallest absolute Gasteiger partial charge is 0.255 e. The molecule has 2 aliphatic carbocycles. The summed E-state index contributed by atoms with van der Waals surface area (Å²) < 4.78 is 0. The third-order valence-electron chi connectivity index (χ3n) is 5.89. The number of benzene rings is 2. The van der Waals surface area contributed by atoms with Crippen LogP contribution in [0.15, 0.2) is 66.7 Å². The Kier molecular flexibility index (Phi) is 3.50. The van der Waals surface area contributed by atoms with Crippen LogP contribution in [-0.2, 0) is 9.59 Å². The molecule has 2 bridgehead atoms. The highest BCUT2D eigenvalue weighted by Crippen LogP contribution is 2.53. The Morgan fingerprint density at radius 1 is 0.852 bits per heavy atom. The van der Waals surface area contributed by atoms with E-state index >= 15 is 0 Å². The van der Waals surface area contributed by atoms with E-state index in [1.807, 2.05) is 30.3 Å². The first kappa shape index (κ1) is 16.0. The Labute approximate surface area is 156 Å². The van der Waals surface area contributed by atoms with E-state index in [0.717, 1.165) is 6.42 Å². The molecule has 3 aliphatic rings. The number of nitrogens with zero attached hydrogens (tertiary/aromatic N) is 1. The molecule has 0 unspecified atom stereocenters. The number of anilines is 2. The summed E-state index contributed by atoms with van der Waals surface area (Å²) in [5.41, 5.74) is 1.73. The second kappa shape index (κ2) is 5.91. The summed E-state index contributed by atoms with van der Waals surface area (Å²) >= 11 is 0. The first-order valence-electron chi connectivity index (χ1n) is 9.16. The molecule has 4 atom stereocenters. The molecule has 134 valence electrons. The lowest BCUT2D eigenvalue weighted by molar-refractivity contribution is -0.123. The van der Waals surface area contributed by atoms with Gasteiger partial charge in [0.2, 0.25) is 11.8 Å². The number of rotatable bonds is 3. The Morgan fingerprint density at radius 2 is 1.44 bits per heavy atom. The lowest BCUT2D eigenvalue weighted by atomic mass is 9.85. The standard InChI is InChI=1S/C22H18N2O3/c25-20(23-16-4-2-1-3-5-16)13-8-10-17(11-9-13)24-21(26)18-14-6-7-15(12-14)19(18)22(24)27/h1-11,14-15,18-19H,12H2,(H,23,25)/t14-,15-,18-,19+/m0/s1. The third-order valence-corrected chi connectivity index (χ3v) is 5.89. The number of fused-ring (bicyclic) bond motifs is 5. The van der Waals surface area contributed by atoms with Crippen LogP contribution in [0.4, 0.5) is 11.4 Å². The lowest BCUT2D eigenvalue weighted by Gasteiger charge is -2.17. The summed E-state index contributed by atoms with van der Waals surface area (Å²) in [6.45, 7) is 0. The molecule has 5 rings (SSSR count). The molecule has 1 saturated carbocycles. The van der Waals surface area contributed by atoms with Gasteiger partial charge in [0.25, 0.3) is 5.91 Å². The fourth-order valence-electron chi connectivity index (χ4n) is 4.64. The summed E-state index contributed by atoms with van der Waals surface area (Å²) in [6, 6.07) is 15.8. The monoisotopic (exact) mass is 358 g/mol. The minimum Gasteiger partial charge on any atom is -0.322 e. The normalized spacial score (nSPS) is 27.9. The number of imide groups is 1. The van der Waals surface area contributed by atoms with Gasteiger partial charge in [0, 0.05) is 11.3 Å². The first-order valence-corrected chi connectivity index (χ1v) is 9.16. The molecule has 5 nitrogen and oxygen atoms in total. The molecule has 2 fully saturated rings. The van der Waals surface area contributed by atoms with Crippen LogP contribution in [0.5, 0.6) is 0 Å². The van der Waals surface area contributed by atoms with E-state index in [4.69, 9.17) is 0 Å². The van der Waals surface area contributed by atoms with E-state index in [1.165, 1.54) is 4.90 Å². The number of hydrogen-bond acceptors (Lipinski definition) is 3. The number of carbonyl (C=O) groups excluding carboxylic acids is 3. The van der Waals surface area contributed by atoms with Gasteiger partial charge >= 0.3 is 0 Å². The average molecular weight is 358 g/mol. The van der Waals surface area contributed by atoms with Gasteiger partial charge in [-0.25, -0.2) is 0 Å². The number of amides is 3. The maximum atomic E-state index is 12.8. The molecule has 0 spiro atoms. The van der Waals surface area contributed by atoms with E-state index in [9.17, 15) is 14.4 Å². The van der Waals surface area contributed by atoms with Crippen molar-refractivity contribution >= 4 is 29.1 Å². The second-order valence-corrected chi connectivity index (χ2v) is 7.38. The molecule has 3 amide bonds. The van der Waals surface area contributed by atoms with Crippen molar-refractivity contribution in [2.24, 2.45) is 23.7 Å². The van der Waals surface area contributed by atoms with Crippen molar-refractivity contribution in [1.29, 1.82) is 0 Å². The van der Waals surface area contributed by atoms with Crippen molar-refractivity contribution in [1.82, 2.24) is 0 Å². The average Bonchev–Trinajstić information content (AvgIpc) is 3.37. The maximum Gasteiger partial charge on any atom is 0.255 e. The summed E-state index contributed by atoms with van der Waals surface area (Å²) in [5, 5.41) is 2.82. The largest absolute Gasteiger partial charge is 0.322 e. The molecule has 2 aromatic carbocycles. The van der Waals surface area contributed by atoms with Gasteiger partial charge in [-0.05, 0) is 54.7 Å². The minimum absolute atomic E-state index is 0.108. The Bertz CT molecular complexity index is 935. The van der Waals surface area contributed by atoms with Crippen molar-refractivity contribution in [3.05, 3.63) is 72.3 Å². The van der Waals surface area contributed by atoms with Gasteiger partial charge < -0.3 is 5.32 Å². The van der Waals surface area contributed by atoms with Crippen molar-refractivity contribution in [3.8, 4) is 0 Å². The second-order valence-electron chi connectivity index (χ2n) is 7.38. The molecule has 0 radical (unpaired) electrons. The van der Waals surface area contributed by atoms with Crippen LogP contribution in [0.3, 0.4) is 0 Å². The van der Waals surface area contributed by atoms with Gasteiger partial charge in [0.15, 0.2) is 0 Å². The van der Waals surface area contributed by atoms with Crippen LogP contribution in [0.25, 0.3) is 0 Å². The number of hydrogen-bond donors (Lipinski definition) is 1. The van der Waals surface area contributed by atoms with Crippen molar-refractivity contribution in [2.45, 2.75) is 6.42 Å². The zero-order chi connectivity index (χ0) is 18.5.